The van der Waals surface area contributed by atoms with Crippen molar-refractivity contribution in [3.8, 4) is 0 Å². The van der Waals surface area contributed by atoms with Crippen LogP contribution in [0.5, 0.6) is 0 Å². The summed E-state index contributed by atoms with van der Waals surface area (Å²) in [5, 5.41) is -0.119. The molecule has 2 aromatic carbocycles. The van der Waals surface area contributed by atoms with Crippen molar-refractivity contribution in [3.63, 3.8) is 0 Å². The fourth-order valence-electron chi connectivity index (χ4n) is 3.01. The molecule has 7 heteroatoms. The quantitative estimate of drug-likeness (QED) is 0.666. The average Bonchev–Trinajstić information content (AvgIpc) is 3.17. The molecule has 0 N–H and O–H groups in total. The van der Waals surface area contributed by atoms with Crippen molar-refractivity contribution in [2.75, 3.05) is 32.4 Å². The van der Waals surface area contributed by atoms with Gasteiger partial charge in [-0.2, -0.15) is 0 Å². The minimum Gasteiger partial charge on any atom is -0.460 e. The molecule has 148 valence electrons. The van der Waals surface area contributed by atoms with Gasteiger partial charge in [-0.25, -0.2) is 4.39 Å². The van der Waals surface area contributed by atoms with E-state index in [1.807, 2.05) is 30.3 Å². The Bertz CT molecular complexity index is 801. The lowest BCUT2D eigenvalue weighted by molar-refractivity contribution is -0.146. The number of hydrogen-bond donors (Lipinski definition) is 0. The van der Waals surface area contributed by atoms with Gasteiger partial charge in [0.1, 0.15) is 17.8 Å². The number of thioether (sulfide) groups is 1. The van der Waals surface area contributed by atoms with Gasteiger partial charge < -0.3 is 9.64 Å². The monoisotopic (exact) mass is 402 g/mol. The number of halogens is 1. The normalized spacial score (nSPS) is 16.4. The van der Waals surface area contributed by atoms with Crippen LogP contribution in [-0.4, -0.2) is 54.1 Å². The number of likely N-dealkylation sites (N-methyl/N-ethyl adjacent to an activating group) is 1. The zero-order chi connectivity index (χ0) is 19.9. The summed E-state index contributed by atoms with van der Waals surface area (Å²) < 4.78 is 18.4. The molecule has 1 unspecified atom stereocenters. The average molecular weight is 402 g/mol. The molecule has 1 aliphatic rings. The fraction of sp³-hybridized carbons (Fsp3) is 0.333. The molecule has 1 saturated heterocycles. The van der Waals surface area contributed by atoms with Crippen molar-refractivity contribution in [1.29, 1.82) is 0 Å². The van der Waals surface area contributed by atoms with Crippen LogP contribution < -0.4 is 0 Å². The van der Waals surface area contributed by atoms with Gasteiger partial charge in [-0.1, -0.05) is 42.5 Å². The lowest BCUT2D eigenvalue weighted by Crippen LogP contribution is -2.40. The first-order valence-corrected chi connectivity index (χ1v) is 10.1. The van der Waals surface area contributed by atoms with E-state index in [4.69, 9.17) is 4.74 Å². The van der Waals surface area contributed by atoms with Crippen LogP contribution in [0.1, 0.15) is 16.5 Å². The van der Waals surface area contributed by atoms with E-state index in [0.29, 0.717) is 6.54 Å². The summed E-state index contributed by atoms with van der Waals surface area (Å²) in [6.45, 7) is 1.02. The Morgan fingerprint density at radius 1 is 1.14 bits per heavy atom. The molecule has 0 spiro atoms. The van der Waals surface area contributed by atoms with E-state index < -0.39 is 0 Å². The number of ether oxygens (including phenoxy) is 1. The summed E-state index contributed by atoms with van der Waals surface area (Å²) in [6.07, 6.45) is 0. The minimum absolute atomic E-state index is 0.0424. The van der Waals surface area contributed by atoms with Gasteiger partial charge in [0, 0.05) is 12.3 Å². The van der Waals surface area contributed by atoms with E-state index >= 15 is 0 Å². The Balaban J connectivity index is 1.49. The highest BCUT2D eigenvalue weighted by Gasteiger charge is 2.31. The van der Waals surface area contributed by atoms with Gasteiger partial charge in [0.25, 0.3) is 0 Å². The number of amides is 1. The fourth-order valence-corrected chi connectivity index (χ4v) is 4.29. The van der Waals surface area contributed by atoms with E-state index in [-0.39, 0.29) is 42.8 Å². The number of nitrogens with zero attached hydrogens (tertiary/aromatic N) is 2. The Morgan fingerprint density at radius 3 is 2.57 bits per heavy atom. The number of carbonyl (C=O) groups is 2. The Kier molecular flexibility index (Phi) is 7.06. The molecule has 0 aromatic heterocycles. The van der Waals surface area contributed by atoms with Gasteiger partial charge in [-0.3, -0.25) is 14.5 Å². The van der Waals surface area contributed by atoms with Crippen LogP contribution in [0, 0.1) is 5.82 Å². The largest absolute Gasteiger partial charge is 0.460 e. The zero-order valence-corrected chi connectivity index (χ0v) is 16.5. The molecule has 1 fully saturated rings. The summed E-state index contributed by atoms with van der Waals surface area (Å²) in [6, 6.07) is 15.7. The highest BCUT2D eigenvalue weighted by molar-refractivity contribution is 7.99. The molecule has 1 amide bonds. The van der Waals surface area contributed by atoms with Gasteiger partial charge in [0.15, 0.2) is 0 Å². The molecule has 0 saturated carbocycles. The van der Waals surface area contributed by atoms with Crippen molar-refractivity contribution in [2.24, 2.45) is 0 Å². The molecule has 0 radical (unpaired) electrons. The van der Waals surface area contributed by atoms with E-state index in [1.165, 1.54) is 12.1 Å². The highest BCUT2D eigenvalue weighted by atomic mass is 32.2. The third-order valence-electron chi connectivity index (χ3n) is 4.41. The van der Waals surface area contributed by atoms with Gasteiger partial charge in [0.2, 0.25) is 5.91 Å². The standard InChI is InChI=1S/C21H23FN2O3S/c1-23(14-20(26)27-15-16-5-3-2-4-6-16)13-19(25)24-11-12-28-21(24)17-7-9-18(22)10-8-17/h2-10,21H,11-15H2,1H3. The van der Waals surface area contributed by atoms with Gasteiger partial charge in [0.05, 0.1) is 13.1 Å². The van der Waals surface area contributed by atoms with Crippen molar-refractivity contribution in [1.82, 2.24) is 9.80 Å². The maximum Gasteiger partial charge on any atom is 0.320 e. The summed E-state index contributed by atoms with van der Waals surface area (Å²) in [5.41, 5.74) is 1.83. The first kappa shape index (κ1) is 20.4. The van der Waals surface area contributed by atoms with Crippen molar-refractivity contribution >= 4 is 23.6 Å². The molecule has 0 bridgehead atoms. The van der Waals surface area contributed by atoms with Crippen molar-refractivity contribution in [2.45, 2.75) is 12.0 Å². The second-order valence-corrected chi connectivity index (χ2v) is 7.87. The Morgan fingerprint density at radius 2 is 1.86 bits per heavy atom. The molecule has 1 heterocycles. The van der Waals surface area contributed by atoms with Crippen LogP contribution in [0.2, 0.25) is 0 Å². The predicted molar refractivity (Wildman–Crippen MR) is 107 cm³/mol. The van der Waals surface area contributed by atoms with Crippen LogP contribution in [0.25, 0.3) is 0 Å². The number of hydrogen-bond acceptors (Lipinski definition) is 5. The van der Waals surface area contributed by atoms with Gasteiger partial charge in [-0.15, -0.1) is 11.8 Å². The second kappa shape index (κ2) is 9.71. The van der Waals surface area contributed by atoms with Crippen LogP contribution in [0.15, 0.2) is 54.6 Å². The molecule has 5 nitrogen and oxygen atoms in total. The first-order valence-electron chi connectivity index (χ1n) is 9.07. The maximum atomic E-state index is 13.2. The molecule has 1 aliphatic heterocycles. The topological polar surface area (TPSA) is 49.9 Å². The summed E-state index contributed by atoms with van der Waals surface area (Å²) in [7, 11) is 1.72. The van der Waals surface area contributed by atoms with Crippen molar-refractivity contribution < 1.29 is 18.7 Å². The smallest absolute Gasteiger partial charge is 0.320 e. The van der Waals surface area contributed by atoms with E-state index in [9.17, 15) is 14.0 Å². The third kappa shape index (κ3) is 5.56. The zero-order valence-electron chi connectivity index (χ0n) is 15.7. The molecule has 2 aromatic rings. The molecule has 1 atom stereocenters. The molecule has 3 rings (SSSR count). The number of carbonyl (C=O) groups excluding carboxylic acids is 2. The van der Waals surface area contributed by atoms with E-state index in [0.717, 1.165) is 16.9 Å². The SMILES string of the molecule is CN(CC(=O)OCc1ccccc1)CC(=O)N1CCSC1c1ccc(F)cc1. The molecular formula is C21H23FN2O3S. The summed E-state index contributed by atoms with van der Waals surface area (Å²) in [5.74, 6) is 0.109. The third-order valence-corrected chi connectivity index (χ3v) is 5.67. The van der Waals surface area contributed by atoms with Crippen LogP contribution >= 0.6 is 11.8 Å². The Labute approximate surface area is 168 Å². The van der Waals surface area contributed by atoms with E-state index in [1.54, 1.807) is 40.7 Å². The maximum absolute atomic E-state index is 13.2. The second-order valence-electron chi connectivity index (χ2n) is 6.68. The number of benzene rings is 2. The van der Waals surface area contributed by atoms with Gasteiger partial charge >= 0.3 is 5.97 Å². The number of rotatable bonds is 7. The molecular weight excluding hydrogens is 379 g/mol. The molecule has 28 heavy (non-hydrogen) atoms. The number of esters is 1. The summed E-state index contributed by atoms with van der Waals surface area (Å²) >= 11 is 1.66. The Hall–Kier alpha value is -2.38. The lowest BCUT2D eigenvalue weighted by Gasteiger charge is -2.26. The lowest BCUT2D eigenvalue weighted by atomic mass is 10.2. The van der Waals surface area contributed by atoms with Crippen LogP contribution in [0.3, 0.4) is 0 Å². The first-order chi connectivity index (χ1) is 13.5. The predicted octanol–water partition coefficient (Wildman–Crippen LogP) is 3.07. The van der Waals surface area contributed by atoms with Gasteiger partial charge in [-0.05, 0) is 30.3 Å². The van der Waals surface area contributed by atoms with Crippen molar-refractivity contribution in [3.05, 3.63) is 71.5 Å². The van der Waals surface area contributed by atoms with Crippen LogP contribution in [-0.2, 0) is 20.9 Å². The van der Waals surface area contributed by atoms with Crippen LogP contribution in [0.4, 0.5) is 4.39 Å². The highest BCUT2D eigenvalue weighted by Crippen LogP contribution is 2.37. The summed E-state index contributed by atoms with van der Waals surface area (Å²) in [4.78, 5) is 28.2. The minimum atomic E-state index is -0.370. The molecule has 0 aliphatic carbocycles. The van der Waals surface area contributed by atoms with E-state index in [2.05, 4.69) is 0 Å².